The van der Waals surface area contributed by atoms with Gasteiger partial charge in [-0.1, -0.05) is 0 Å². The molecule has 1 aromatic carbocycles. The summed E-state index contributed by atoms with van der Waals surface area (Å²) in [6.45, 7) is 0. The Morgan fingerprint density at radius 2 is 2.23 bits per heavy atom. The number of hydrogen-bond acceptors (Lipinski definition) is 4. The third-order valence-electron chi connectivity index (χ3n) is 1.98. The van der Waals surface area contributed by atoms with Crippen LogP contribution in [0.5, 0.6) is 5.75 Å². The lowest BCUT2D eigenvalue weighted by Gasteiger charge is -2.15. The number of nitrogens with two attached hydrogens (primary N) is 1. The molecular weight excluding hydrogens is 186 g/mol. The summed E-state index contributed by atoms with van der Waals surface area (Å²) in [6, 6.07) is 2.96. The lowest BCUT2D eigenvalue weighted by Crippen LogP contribution is -2.09. The Kier molecular flexibility index (Phi) is 1.92. The van der Waals surface area contributed by atoms with E-state index >= 15 is 0 Å². The summed E-state index contributed by atoms with van der Waals surface area (Å²) in [7, 11) is 0. The van der Waals surface area contributed by atoms with E-state index in [0.29, 0.717) is 17.7 Å². The average molecular weight is 195 g/mol. The van der Waals surface area contributed by atoms with Crippen molar-refractivity contribution in [2.45, 2.75) is 11.3 Å². The first kappa shape index (κ1) is 8.44. The number of thioether (sulfide) groups is 1. The molecule has 2 rings (SSSR count). The summed E-state index contributed by atoms with van der Waals surface area (Å²) in [5.74, 6) is 0.907. The molecule has 0 bridgehead atoms. The number of rotatable bonds is 0. The van der Waals surface area contributed by atoms with E-state index in [0.717, 1.165) is 10.6 Å². The van der Waals surface area contributed by atoms with Crippen LogP contribution in [0.3, 0.4) is 0 Å². The molecule has 3 N–H and O–H groups in total. The maximum absolute atomic E-state index is 11.4. The molecule has 0 aliphatic carbocycles. The van der Waals surface area contributed by atoms with Crippen LogP contribution in [0.1, 0.15) is 16.8 Å². The number of fused-ring (bicyclic) bond motifs is 1. The van der Waals surface area contributed by atoms with Crippen LogP contribution in [0.4, 0.5) is 5.69 Å². The molecule has 0 spiro atoms. The molecule has 0 amide bonds. The van der Waals surface area contributed by atoms with Gasteiger partial charge in [-0.3, -0.25) is 4.79 Å². The number of carbonyl (C=O) groups excluding carboxylic acids is 1. The lowest BCUT2D eigenvalue weighted by atomic mass is 10.1. The smallest absolute Gasteiger partial charge is 0.165 e. The van der Waals surface area contributed by atoms with Crippen molar-refractivity contribution in [3.8, 4) is 5.75 Å². The van der Waals surface area contributed by atoms with Gasteiger partial charge in [0, 0.05) is 34.4 Å². The van der Waals surface area contributed by atoms with Crippen molar-refractivity contribution in [3.63, 3.8) is 0 Å². The molecule has 3 nitrogen and oxygen atoms in total. The number of phenolic OH excluding ortho intramolecular Hbond substituents is 1. The number of carbonyl (C=O) groups is 1. The highest BCUT2D eigenvalue weighted by molar-refractivity contribution is 7.99. The molecule has 0 radical (unpaired) electrons. The van der Waals surface area contributed by atoms with Crippen molar-refractivity contribution in [1.29, 1.82) is 0 Å². The fourth-order valence-corrected chi connectivity index (χ4v) is 2.43. The van der Waals surface area contributed by atoms with Gasteiger partial charge >= 0.3 is 0 Å². The zero-order chi connectivity index (χ0) is 9.42. The first-order valence-electron chi connectivity index (χ1n) is 3.97. The monoisotopic (exact) mass is 195 g/mol. The third kappa shape index (κ3) is 1.37. The highest BCUT2D eigenvalue weighted by Gasteiger charge is 2.20. The van der Waals surface area contributed by atoms with Crippen molar-refractivity contribution in [3.05, 3.63) is 17.7 Å². The van der Waals surface area contributed by atoms with Crippen molar-refractivity contribution < 1.29 is 9.90 Å². The Hall–Kier alpha value is -1.16. The molecule has 1 heterocycles. The predicted molar refractivity (Wildman–Crippen MR) is 52.2 cm³/mol. The molecular formula is C9H9NO2S. The molecule has 68 valence electrons. The lowest BCUT2D eigenvalue weighted by molar-refractivity contribution is 0.0984. The minimum Gasteiger partial charge on any atom is -0.508 e. The van der Waals surface area contributed by atoms with Crippen LogP contribution in [-0.2, 0) is 0 Å². The first-order valence-corrected chi connectivity index (χ1v) is 4.95. The van der Waals surface area contributed by atoms with Gasteiger partial charge in [-0.15, -0.1) is 11.8 Å². The number of aromatic hydroxyl groups is 1. The second-order valence-corrected chi connectivity index (χ2v) is 4.04. The molecule has 0 aromatic heterocycles. The van der Waals surface area contributed by atoms with E-state index in [1.165, 1.54) is 12.1 Å². The van der Waals surface area contributed by atoms with Crippen molar-refractivity contribution in [2.75, 3.05) is 11.5 Å². The standard InChI is InChI=1S/C9H9NO2S/c10-7-4-5(11)3-6-8(12)1-2-13-9(6)7/h3-4,11H,1-2,10H2. The SMILES string of the molecule is Nc1cc(O)cc2c1SCCC2=O. The van der Waals surface area contributed by atoms with Gasteiger partial charge in [0.2, 0.25) is 0 Å². The zero-order valence-corrected chi connectivity index (χ0v) is 7.73. The summed E-state index contributed by atoms with van der Waals surface area (Å²) < 4.78 is 0. The predicted octanol–water partition coefficient (Wildman–Crippen LogP) is 1.65. The van der Waals surface area contributed by atoms with Crippen LogP contribution < -0.4 is 5.73 Å². The van der Waals surface area contributed by atoms with Crippen LogP contribution in [-0.4, -0.2) is 16.6 Å². The van der Waals surface area contributed by atoms with Gasteiger partial charge in [0.05, 0.1) is 0 Å². The maximum atomic E-state index is 11.4. The van der Waals surface area contributed by atoms with E-state index in [1.54, 1.807) is 11.8 Å². The van der Waals surface area contributed by atoms with E-state index in [-0.39, 0.29) is 11.5 Å². The Bertz CT molecular complexity index is 376. The number of ketones is 1. The topological polar surface area (TPSA) is 63.3 Å². The summed E-state index contributed by atoms with van der Waals surface area (Å²) in [6.07, 6.45) is 0.528. The third-order valence-corrected chi connectivity index (χ3v) is 3.13. The molecule has 1 aromatic rings. The normalized spacial score (nSPS) is 15.5. The molecule has 1 aliphatic heterocycles. The number of nitrogen functional groups attached to an aromatic ring is 1. The molecule has 0 saturated carbocycles. The number of anilines is 1. The highest BCUT2D eigenvalue weighted by Crippen LogP contribution is 2.36. The van der Waals surface area contributed by atoms with Crippen molar-refractivity contribution in [1.82, 2.24) is 0 Å². The average Bonchev–Trinajstić information content (AvgIpc) is 2.07. The maximum Gasteiger partial charge on any atom is 0.165 e. The minimum atomic E-state index is 0.0621. The van der Waals surface area contributed by atoms with E-state index < -0.39 is 0 Å². The van der Waals surface area contributed by atoms with E-state index in [1.807, 2.05) is 0 Å². The number of hydrogen-bond donors (Lipinski definition) is 2. The zero-order valence-electron chi connectivity index (χ0n) is 6.91. The van der Waals surface area contributed by atoms with Gasteiger partial charge in [-0.25, -0.2) is 0 Å². The second kappa shape index (κ2) is 2.96. The molecule has 1 aliphatic rings. The summed E-state index contributed by atoms with van der Waals surface area (Å²) >= 11 is 1.57. The van der Waals surface area contributed by atoms with Crippen LogP contribution in [0.15, 0.2) is 17.0 Å². The van der Waals surface area contributed by atoms with Gasteiger partial charge in [0.25, 0.3) is 0 Å². The van der Waals surface area contributed by atoms with Gasteiger partial charge < -0.3 is 10.8 Å². The Labute approximate surface area is 79.9 Å². The summed E-state index contributed by atoms with van der Waals surface area (Å²) in [4.78, 5) is 12.2. The van der Waals surface area contributed by atoms with Gasteiger partial charge in [0.1, 0.15) is 5.75 Å². The molecule has 0 atom stereocenters. The Morgan fingerprint density at radius 1 is 1.46 bits per heavy atom. The first-order chi connectivity index (χ1) is 6.18. The number of phenols is 1. The van der Waals surface area contributed by atoms with Crippen molar-refractivity contribution in [2.24, 2.45) is 0 Å². The van der Waals surface area contributed by atoms with Gasteiger partial charge in [-0.2, -0.15) is 0 Å². The van der Waals surface area contributed by atoms with Crippen molar-refractivity contribution >= 4 is 23.2 Å². The number of Topliss-reactive ketones (excluding diaryl/α,β-unsaturated/α-hetero) is 1. The van der Waals surface area contributed by atoms with Gasteiger partial charge in [-0.05, 0) is 6.07 Å². The van der Waals surface area contributed by atoms with Crippen LogP contribution >= 0.6 is 11.8 Å². The second-order valence-electron chi connectivity index (χ2n) is 2.93. The van der Waals surface area contributed by atoms with E-state index in [9.17, 15) is 9.90 Å². The van der Waals surface area contributed by atoms with Gasteiger partial charge in [0.15, 0.2) is 5.78 Å². The summed E-state index contributed by atoms with van der Waals surface area (Å²) in [5.41, 5.74) is 6.73. The molecule has 0 saturated heterocycles. The fraction of sp³-hybridized carbons (Fsp3) is 0.222. The largest absolute Gasteiger partial charge is 0.508 e. The van der Waals surface area contributed by atoms with Crippen LogP contribution in [0, 0.1) is 0 Å². The Morgan fingerprint density at radius 3 is 3.00 bits per heavy atom. The molecule has 0 fully saturated rings. The Balaban J connectivity index is 2.63. The minimum absolute atomic E-state index is 0.0621. The number of benzene rings is 1. The molecule has 4 heteroatoms. The van der Waals surface area contributed by atoms with Crippen LogP contribution in [0.25, 0.3) is 0 Å². The van der Waals surface area contributed by atoms with E-state index in [4.69, 9.17) is 5.73 Å². The molecule has 0 unspecified atom stereocenters. The quantitative estimate of drug-likeness (QED) is 0.618. The summed E-state index contributed by atoms with van der Waals surface area (Å²) in [5, 5.41) is 9.25. The molecule has 13 heavy (non-hydrogen) atoms. The highest BCUT2D eigenvalue weighted by atomic mass is 32.2. The van der Waals surface area contributed by atoms with E-state index in [2.05, 4.69) is 0 Å². The van der Waals surface area contributed by atoms with Crippen LogP contribution in [0.2, 0.25) is 0 Å². The fourth-order valence-electron chi connectivity index (χ4n) is 1.38.